The van der Waals surface area contributed by atoms with Crippen molar-refractivity contribution in [3.8, 4) is 0 Å². The monoisotopic (exact) mass is 263 g/mol. The third-order valence-electron chi connectivity index (χ3n) is 2.39. The molecule has 1 atom stereocenters. The number of nitrogens with one attached hydrogen (secondary N) is 1. The minimum absolute atomic E-state index is 0.0310. The Labute approximate surface area is 103 Å². The van der Waals surface area contributed by atoms with Gasteiger partial charge in [-0.3, -0.25) is 4.79 Å². The van der Waals surface area contributed by atoms with E-state index in [4.69, 9.17) is 23.2 Å². The van der Waals surface area contributed by atoms with Gasteiger partial charge in [0.1, 0.15) is 4.33 Å². The molecule has 1 amide bonds. The van der Waals surface area contributed by atoms with Gasteiger partial charge in [0, 0.05) is 11.4 Å². The summed E-state index contributed by atoms with van der Waals surface area (Å²) >= 11 is 13.3. The molecule has 0 saturated heterocycles. The fraction of sp³-hybridized carbons (Fsp3) is 0.500. The fourth-order valence-electron chi connectivity index (χ4n) is 1.38. The normalized spacial score (nSPS) is 22.4. The Morgan fingerprint density at radius 2 is 2.40 bits per heavy atom. The highest BCUT2D eigenvalue weighted by molar-refractivity contribution is 7.09. The van der Waals surface area contributed by atoms with Gasteiger partial charge >= 0.3 is 0 Å². The molecule has 0 spiro atoms. The minimum Gasteiger partial charge on any atom is -0.355 e. The van der Waals surface area contributed by atoms with Crippen LogP contribution in [0.1, 0.15) is 11.3 Å². The van der Waals surface area contributed by atoms with Crippen LogP contribution in [0.5, 0.6) is 0 Å². The Balaban J connectivity index is 1.69. The first-order chi connectivity index (χ1) is 7.09. The third-order valence-corrected chi connectivity index (χ3v) is 4.16. The van der Waals surface area contributed by atoms with E-state index in [1.807, 2.05) is 11.4 Å². The number of hydrogen-bond acceptors (Lipinski definition) is 2. The van der Waals surface area contributed by atoms with Crippen molar-refractivity contribution in [2.24, 2.45) is 5.92 Å². The summed E-state index contributed by atoms with van der Waals surface area (Å²) in [5.74, 6) is -0.249. The number of amides is 1. The van der Waals surface area contributed by atoms with Gasteiger partial charge < -0.3 is 5.32 Å². The predicted molar refractivity (Wildman–Crippen MR) is 63.6 cm³/mol. The molecule has 1 unspecified atom stereocenters. The highest BCUT2D eigenvalue weighted by Gasteiger charge is 2.56. The largest absolute Gasteiger partial charge is 0.355 e. The van der Waals surface area contributed by atoms with E-state index in [-0.39, 0.29) is 11.8 Å². The standard InChI is InChI=1S/C10H11Cl2NOS/c11-10(12)6-8(10)9(14)13-4-3-7-2-1-5-15-7/h1-2,5,8H,3-4,6H2,(H,13,14). The third kappa shape index (κ3) is 2.86. The maximum absolute atomic E-state index is 11.5. The second kappa shape index (κ2) is 4.32. The molecule has 1 aromatic rings. The van der Waals surface area contributed by atoms with E-state index >= 15 is 0 Å². The first-order valence-corrected chi connectivity index (χ1v) is 6.41. The maximum atomic E-state index is 11.5. The summed E-state index contributed by atoms with van der Waals surface area (Å²) in [5, 5.41) is 4.87. The van der Waals surface area contributed by atoms with Crippen LogP contribution in [-0.4, -0.2) is 16.8 Å². The van der Waals surface area contributed by atoms with Gasteiger partial charge in [0.05, 0.1) is 5.92 Å². The highest BCUT2D eigenvalue weighted by atomic mass is 35.5. The molecule has 82 valence electrons. The Bertz CT molecular complexity index is 350. The number of carbonyl (C=O) groups excluding carboxylic acids is 1. The summed E-state index contributed by atoms with van der Waals surface area (Å²) in [4.78, 5) is 12.7. The molecule has 0 bridgehead atoms. The molecular weight excluding hydrogens is 253 g/mol. The van der Waals surface area contributed by atoms with Gasteiger partial charge in [0.15, 0.2) is 0 Å². The number of hydrogen-bond donors (Lipinski definition) is 1. The summed E-state index contributed by atoms with van der Waals surface area (Å²) in [6.45, 7) is 0.652. The Kier molecular flexibility index (Phi) is 3.24. The molecule has 1 aliphatic rings. The Hall–Kier alpha value is -0.250. The quantitative estimate of drug-likeness (QED) is 0.832. The van der Waals surface area contributed by atoms with Crippen molar-refractivity contribution in [2.75, 3.05) is 6.54 Å². The van der Waals surface area contributed by atoms with Gasteiger partial charge in [-0.15, -0.1) is 34.5 Å². The average molecular weight is 264 g/mol. The zero-order valence-corrected chi connectivity index (χ0v) is 10.3. The van der Waals surface area contributed by atoms with E-state index in [0.29, 0.717) is 13.0 Å². The lowest BCUT2D eigenvalue weighted by Crippen LogP contribution is -2.28. The predicted octanol–water partition coefficient (Wildman–Crippen LogP) is 2.60. The smallest absolute Gasteiger partial charge is 0.226 e. The maximum Gasteiger partial charge on any atom is 0.226 e. The van der Waals surface area contributed by atoms with E-state index in [1.54, 1.807) is 11.3 Å². The van der Waals surface area contributed by atoms with Crippen LogP contribution in [0, 0.1) is 5.92 Å². The van der Waals surface area contributed by atoms with E-state index in [1.165, 1.54) is 4.88 Å². The molecule has 1 aromatic heterocycles. The number of carbonyl (C=O) groups is 1. The van der Waals surface area contributed by atoms with Crippen LogP contribution in [0.3, 0.4) is 0 Å². The van der Waals surface area contributed by atoms with E-state index in [9.17, 15) is 4.79 Å². The molecule has 0 aliphatic heterocycles. The highest BCUT2D eigenvalue weighted by Crippen LogP contribution is 2.53. The number of rotatable bonds is 4. The second-order valence-electron chi connectivity index (χ2n) is 3.64. The second-order valence-corrected chi connectivity index (χ2v) is 6.21. The lowest BCUT2D eigenvalue weighted by atomic mass is 10.3. The first-order valence-electron chi connectivity index (χ1n) is 4.77. The molecule has 2 nitrogen and oxygen atoms in total. The molecule has 1 heterocycles. The van der Waals surface area contributed by atoms with Crippen LogP contribution in [0.2, 0.25) is 0 Å². The Morgan fingerprint density at radius 1 is 1.67 bits per heavy atom. The van der Waals surface area contributed by atoms with Gasteiger partial charge in [0.25, 0.3) is 0 Å². The number of halogens is 2. The molecule has 15 heavy (non-hydrogen) atoms. The summed E-state index contributed by atoms with van der Waals surface area (Å²) in [5.41, 5.74) is 0. The minimum atomic E-state index is -0.812. The van der Waals surface area contributed by atoms with E-state index < -0.39 is 4.33 Å². The van der Waals surface area contributed by atoms with Gasteiger partial charge in [-0.25, -0.2) is 0 Å². The molecule has 0 aromatic carbocycles. The zero-order chi connectivity index (χ0) is 10.9. The molecule has 0 radical (unpaired) electrons. The van der Waals surface area contributed by atoms with Crippen molar-refractivity contribution in [3.63, 3.8) is 0 Å². The topological polar surface area (TPSA) is 29.1 Å². The zero-order valence-electron chi connectivity index (χ0n) is 8.00. The van der Waals surface area contributed by atoms with Crippen LogP contribution in [-0.2, 0) is 11.2 Å². The summed E-state index contributed by atoms with van der Waals surface area (Å²) < 4.78 is -0.812. The van der Waals surface area contributed by atoms with Crippen molar-refractivity contribution in [3.05, 3.63) is 22.4 Å². The summed E-state index contributed by atoms with van der Waals surface area (Å²) in [7, 11) is 0. The SMILES string of the molecule is O=C(NCCc1cccs1)C1CC1(Cl)Cl. The van der Waals surface area contributed by atoms with Crippen molar-refractivity contribution >= 4 is 40.4 Å². The summed E-state index contributed by atoms with van der Waals surface area (Å²) in [6, 6.07) is 4.06. The number of thiophene rings is 1. The van der Waals surface area contributed by atoms with Crippen molar-refractivity contribution in [2.45, 2.75) is 17.2 Å². The fourth-order valence-corrected chi connectivity index (χ4v) is 2.60. The molecule has 1 saturated carbocycles. The molecular formula is C10H11Cl2NOS. The van der Waals surface area contributed by atoms with Crippen LogP contribution in [0.15, 0.2) is 17.5 Å². The molecule has 5 heteroatoms. The Morgan fingerprint density at radius 3 is 2.93 bits per heavy atom. The van der Waals surface area contributed by atoms with Crippen LogP contribution < -0.4 is 5.32 Å². The van der Waals surface area contributed by atoms with Gasteiger partial charge in [-0.2, -0.15) is 0 Å². The van der Waals surface area contributed by atoms with Gasteiger partial charge in [-0.05, 0) is 24.3 Å². The molecule has 1 fully saturated rings. The van der Waals surface area contributed by atoms with Crippen molar-refractivity contribution < 1.29 is 4.79 Å². The molecule has 1 N–H and O–H groups in total. The van der Waals surface area contributed by atoms with Gasteiger partial charge in [-0.1, -0.05) is 6.07 Å². The lowest BCUT2D eigenvalue weighted by Gasteiger charge is -2.03. The van der Waals surface area contributed by atoms with Gasteiger partial charge in [0.2, 0.25) is 5.91 Å². The van der Waals surface area contributed by atoms with Crippen molar-refractivity contribution in [1.29, 1.82) is 0 Å². The molecule has 1 aliphatic carbocycles. The molecule has 2 rings (SSSR count). The van der Waals surface area contributed by atoms with Crippen LogP contribution >= 0.6 is 34.5 Å². The van der Waals surface area contributed by atoms with Crippen LogP contribution in [0.25, 0.3) is 0 Å². The average Bonchev–Trinajstić information content (AvgIpc) is 2.65. The first kappa shape index (κ1) is 11.2. The van der Waals surface area contributed by atoms with Crippen molar-refractivity contribution in [1.82, 2.24) is 5.32 Å². The number of alkyl halides is 2. The van der Waals surface area contributed by atoms with Crippen LogP contribution in [0.4, 0.5) is 0 Å². The van der Waals surface area contributed by atoms with E-state index in [0.717, 1.165) is 6.42 Å². The van der Waals surface area contributed by atoms with E-state index in [2.05, 4.69) is 11.4 Å². The lowest BCUT2D eigenvalue weighted by molar-refractivity contribution is -0.122. The summed E-state index contributed by atoms with van der Waals surface area (Å²) in [6.07, 6.45) is 1.44.